The molecule has 2 aliphatic heterocycles. The summed E-state index contributed by atoms with van der Waals surface area (Å²) in [6, 6.07) is 8.15. The van der Waals surface area contributed by atoms with E-state index >= 15 is 0 Å². The van der Waals surface area contributed by atoms with Gasteiger partial charge in [-0.25, -0.2) is 0 Å². The first-order valence-corrected chi connectivity index (χ1v) is 11.3. The maximum absolute atomic E-state index is 13.0. The molecule has 2 amide bonds. The maximum atomic E-state index is 13.0. The summed E-state index contributed by atoms with van der Waals surface area (Å²) in [7, 11) is 0. The van der Waals surface area contributed by atoms with Crippen LogP contribution in [-0.2, 0) is 20.7 Å². The molecule has 2 saturated heterocycles. The Morgan fingerprint density at radius 2 is 1.93 bits per heavy atom. The van der Waals surface area contributed by atoms with Crippen molar-refractivity contribution < 1.29 is 14.3 Å². The SMILES string of the molecule is Cc1ccccc1CC(=O)N1CCC2(CCC2)C(CNC(=O)C2[C@H]3COC[C@@H]23)C1. The molecule has 5 rings (SSSR count). The van der Waals surface area contributed by atoms with E-state index in [1.807, 2.05) is 17.0 Å². The summed E-state index contributed by atoms with van der Waals surface area (Å²) in [6.45, 7) is 5.92. The van der Waals surface area contributed by atoms with Gasteiger partial charge >= 0.3 is 0 Å². The van der Waals surface area contributed by atoms with Crippen molar-refractivity contribution in [2.45, 2.75) is 39.0 Å². The molecular weight excluding hydrogens is 364 g/mol. The normalized spacial score (nSPS) is 31.8. The molecule has 29 heavy (non-hydrogen) atoms. The molecule has 1 N–H and O–H groups in total. The molecule has 5 heteroatoms. The molecule has 1 aromatic rings. The number of likely N-dealkylation sites (tertiary alicyclic amines) is 1. The van der Waals surface area contributed by atoms with Gasteiger partial charge in [-0.2, -0.15) is 0 Å². The average molecular weight is 397 g/mol. The molecule has 4 aliphatic rings. The summed E-state index contributed by atoms with van der Waals surface area (Å²) in [5.41, 5.74) is 2.64. The van der Waals surface area contributed by atoms with Gasteiger partial charge in [-0.1, -0.05) is 30.7 Å². The number of ether oxygens (including phenoxy) is 1. The number of hydrogen-bond donors (Lipinski definition) is 1. The second-order valence-electron chi connectivity index (χ2n) is 9.74. The van der Waals surface area contributed by atoms with Crippen LogP contribution in [0.1, 0.15) is 36.8 Å². The van der Waals surface area contributed by atoms with Gasteiger partial charge in [-0.3, -0.25) is 9.59 Å². The van der Waals surface area contributed by atoms with Gasteiger partial charge in [0.15, 0.2) is 0 Å². The number of amides is 2. The number of rotatable bonds is 5. The predicted octanol–water partition coefficient (Wildman–Crippen LogP) is 2.56. The number of nitrogens with zero attached hydrogens (tertiary/aromatic N) is 1. The lowest BCUT2D eigenvalue weighted by atomic mass is 9.57. The summed E-state index contributed by atoms with van der Waals surface area (Å²) in [5, 5.41) is 3.25. The minimum Gasteiger partial charge on any atom is -0.381 e. The van der Waals surface area contributed by atoms with Crippen LogP contribution in [0.15, 0.2) is 24.3 Å². The van der Waals surface area contributed by atoms with Crippen LogP contribution in [0, 0.1) is 36.0 Å². The van der Waals surface area contributed by atoms with Crippen LogP contribution < -0.4 is 5.32 Å². The number of hydrogen-bond acceptors (Lipinski definition) is 3. The van der Waals surface area contributed by atoms with Crippen LogP contribution in [0.25, 0.3) is 0 Å². The van der Waals surface area contributed by atoms with E-state index in [4.69, 9.17) is 4.74 Å². The topological polar surface area (TPSA) is 58.6 Å². The van der Waals surface area contributed by atoms with Crippen molar-refractivity contribution in [3.05, 3.63) is 35.4 Å². The molecule has 4 atom stereocenters. The lowest BCUT2D eigenvalue weighted by Gasteiger charge is -2.53. The van der Waals surface area contributed by atoms with Gasteiger partial charge in [0, 0.05) is 25.6 Å². The largest absolute Gasteiger partial charge is 0.381 e. The second-order valence-corrected chi connectivity index (χ2v) is 9.74. The Morgan fingerprint density at radius 1 is 1.17 bits per heavy atom. The summed E-state index contributed by atoms with van der Waals surface area (Å²) < 4.78 is 5.41. The highest BCUT2D eigenvalue weighted by Crippen LogP contribution is 2.53. The molecule has 2 saturated carbocycles. The molecular formula is C24H32N2O3. The van der Waals surface area contributed by atoms with E-state index in [9.17, 15) is 9.59 Å². The molecule has 4 fully saturated rings. The van der Waals surface area contributed by atoms with E-state index in [0.717, 1.165) is 38.3 Å². The number of piperidine rings is 1. The highest BCUT2D eigenvalue weighted by molar-refractivity contribution is 5.82. The quantitative estimate of drug-likeness (QED) is 0.832. The molecule has 2 heterocycles. The smallest absolute Gasteiger partial charge is 0.227 e. The van der Waals surface area contributed by atoms with Crippen molar-refractivity contribution in [1.29, 1.82) is 0 Å². The molecule has 2 unspecified atom stereocenters. The number of aryl methyl sites for hydroxylation is 1. The van der Waals surface area contributed by atoms with Crippen molar-refractivity contribution in [2.75, 3.05) is 32.8 Å². The van der Waals surface area contributed by atoms with Crippen molar-refractivity contribution in [3.63, 3.8) is 0 Å². The number of carbonyl (C=O) groups is 2. The fraction of sp³-hybridized carbons (Fsp3) is 0.667. The van der Waals surface area contributed by atoms with Crippen molar-refractivity contribution in [2.24, 2.45) is 29.1 Å². The minimum atomic E-state index is 0.170. The molecule has 1 aromatic carbocycles. The lowest BCUT2D eigenvalue weighted by molar-refractivity contribution is -0.137. The van der Waals surface area contributed by atoms with Crippen LogP contribution in [-0.4, -0.2) is 49.6 Å². The Morgan fingerprint density at radius 3 is 2.62 bits per heavy atom. The number of benzene rings is 1. The number of fused-ring (bicyclic) bond motifs is 1. The highest BCUT2D eigenvalue weighted by atomic mass is 16.5. The zero-order chi connectivity index (χ0) is 20.0. The molecule has 0 radical (unpaired) electrons. The van der Waals surface area contributed by atoms with Gasteiger partial charge in [-0.15, -0.1) is 0 Å². The standard InChI is InChI=1S/C24H32N2O3/c1-16-5-2-3-6-17(16)11-21(27)26-10-9-24(7-4-8-24)18(13-26)12-25-23(28)22-19-14-29-15-20(19)22/h2-3,5-6,18-20,22H,4,7-15H2,1H3,(H,25,28)/t18?,19-,20+,22?. The molecule has 0 aromatic heterocycles. The monoisotopic (exact) mass is 396 g/mol. The van der Waals surface area contributed by atoms with E-state index in [1.54, 1.807) is 0 Å². The van der Waals surface area contributed by atoms with E-state index in [0.29, 0.717) is 36.1 Å². The highest BCUT2D eigenvalue weighted by Gasteiger charge is 2.58. The molecule has 5 nitrogen and oxygen atoms in total. The Balaban J connectivity index is 1.20. The van der Waals surface area contributed by atoms with Crippen molar-refractivity contribution in [1.82, 2.24) is 10.2 Å². The molecule has 156 valence electrons. The van der Waals surface area contributed by atoms with Crippen LogP contribution >= 0.6 is 0 Å². The van der Waals surface area contributed by atoms with Gasteiger partial charge in [0.25, 0.3) is 0 Å². The van der Waals surface area contributed by atoms with Gasteiger partial charge in [0.2, 0.25) is 11.8 Å². The van der Waals surface area contributed by atoms with Gasteiger partial charge in [0.1, 0.15) is 0 Å². The lowest BCUT2D eigenvalue weighted by Crippen LogP contribution is -2.55. The zero-order valence-electron chi connectivity index (χ0n) is 17.4. The van der Waals surface area contributed by atoms with Gasteiger partial charge in [0.05, 0.1) is 19.6 Å². The fourth-order valence-corrected chi connectivity index (χ4v) is 5.96. The van der Waals surface area contributed by atoms with E-state index in [1.165, 1.54) is 24.8 Å². The van der Waals surface area contributed by atoms with Crippen LogP contribution in [0.5, 0.6) is 0 Å². The first kappa shape index (κ1) is 19.1. The third kappa shape index (κ3) is 3.48. The summed E-state index contributed by atoms with van der Waals surface area (Å²) in [4.78, 5) is 27.7. The van der Waals surface area contributed by atoms with Crippen LogP contribution in [0.4, 0.5) is 0 Å². The molecule has 2 aliphatic carbocycles. The average Bonchev–Trinajstić information content (AvgIpc) is 3.18. The van der Waals surface area contributed by atoms with Crippen molar-refractivity contribution in [3.8, 4) is 0 Å². The third-order valence-corrected chi connectivity index (χ3v) is 8.27. The van der Waals surface area contributed by atoms with Gasteiger partial charge < -0.3 is 15.0 Å². The number of carbonyl (C=O) groups excluding carboxylic acids is 2. The Kier molecular flexibility index (Phi) is 4.89. The summed E-state index contributed by atoms with van der Waals surface area (Å²) in [6.07, 6.45) is 5.33. The van der Waals surface area contributed by atoms with Crippen molar-refractivity contribution >= 4 is 11.8 Å². The molecule has 1 spiro atoms. The Labute approximate surface area is 173 Å². The van der Waals surface area contributed by atoms with Crippen LogP contribution in [0.3, 0.4) is 0 Å². The predicted molar refractivity (Wildman–Crippen MR) is 110 cm³/mol. The zero-order valence-corrected chi connectivity index (χ0v) is 17.4. The Bertz CT molecular complexity index is 793. The van der Waals surface area contributed by atoms with Crippen LogP contribution in [0.2, 0.25) is 0 Å². The summed E-state index contributed by atoms with van der Waals surface area (Å²) in [5.74, 6) is 1.88. The maximum Gasteiger partial charge on any atom is 0.227 e. The fourth-order valence-electron chi connectivity index (χ4n) is 5.96. The number of nitrogens with one attached hydrogen (secondary N) is 1. The second kappa shape index (κ2) is 7.42. The first-order chi connectivity index (χ1) is 14.1. The summed E-state index contributed by atoms with van der Waals surface area (Å²) >= 11 is 0. The van der Waals surface area contributed by atoms with E-state index < -0.39 is 0 Å². The first-order valence-electron chi connectivity index (χ1n) is 11.3. The van der Waals surface area contributed by atoms with E-state index in [2.05, 4.69) is 24.4 Å². The molecule has 0 bridgehead atoms. The third-order valence-electron chi connectivity index (χ3n) is 8.27. The van der Waals surface area contributed by atoms with E-state index in [-0.39, 0.29) is 17.7 Å². The minimum absolute atomic E-state index is 0.170. The van der Waals surface area contributed by atoms with Gasteiger partial charge in [-0.05, 0) is 60.5 Å². The Hall–Kier alpha value is -1.88.